The summed E-state index contributed by atoms with van der Waals surface area (Å²) in [5, 5.41) is 7.58. The van der Waals surface area contributed by atoms with Crippen LogP contribution in [0.1, 0.15) is 5.56 Å². The van der Waals surface area contributed by atoms with E-state index in [1.807, 2.05) is 6.07 Å². The summed E-state index contributed by atoms with van der Waals surface area (Å²) in [6.45, 7) is 0. The van der Waals surface area contributed by atoms with Gasteiger partial charge >= 0.3 is 6.03 Å². The Kier molecular flexibility index (Phi) is 4.98. The van der Waals surface area contributed by atoms with E-state index in [1.165, 1.54) is 6.21 Å². The van der Waals surface area contributed by atoms with E-state index in [4.69, 9.17) is 23.2 Å². The Bertz CT molecular complexity index is 644. The maximum Gasteiger partial charge on any atom is 0.339 e. The van der Waals surface area contributed by atoms with Crippen molar-refractivity contribution in [2.24, 2.45) is 5.10 Å². The molecule has 102 valence electrons. The fraction of sp³-hybridized carbons (Fsp3) is 0. The van der Waals surface area contributed by atoms with Crippen molar-refractivity contribution in [2.45, 2.75) is 0 Å². The van der Waals surface area contributed by atoms with Gasteiger partial charge in [0, 0.05) is 15.7 Å². The molecule has 0 aliphatic heterocycles. The molecule has 0 atom stereocenters. The first-order chi connectivity index (χ1) is 9.63. The molecular weight excluding hydrogens is 297 g/mol. The van der Waals surface area contributed by atoms with Crippen LogP contribution in [0.3, 0.4) is 0 Å². The van der Waals surface area contributed by atoms with E-state index in [0.29, 0.717) is 15.7 Å². The number of hydrogen-bond donors (Lipinski definition) is 2. The Balaban J connectivity index is 1.89. The predicted molar refractivity (Wildman–Crippen MR) is 82.7 cm³/mol. The lowest BCUT2D eigenvalue weighted by Crippen LogP contribution is -2.24. The maximum atomic E-state index is 11.6. The van der Waals surface area contributed by atoms with Crippen molar-refractivity contribution < 1.29 is 4.79 Å². The lowest BCUT2D eigenvalue weighted by molar-refractivity contribution is 0.252. The Morgan fingerprint density at radius 2 is 1.75 bits per heavy atom. The van der Waals surface area contributed by atoms with Crippen molar-refractivity contribution in [1.82, 2.24) is 5.43 Å². The van der Waals surface area contributed by atoms with Gasteiger partial charge in [-0.1, -0.05) is 41.4 Å². The second-order valence-electron chi connectivity index (χ2n) is 3.89. The molecule has 0 fully saturated rings. The minimum atomic E-state index is -0.453. The van der Waals surface area contributed by atoms with Crippen LogP contribution in [0, 0.1) is 0 Å². The smallest absolute Gasteiger partial charge is 0.306 e. The Labute approximate surface area is 126 Å². The van der Waals surface area contributed by atoms with Gasteiger partial charge in [-0.25, -0.2) is 10.2 Å². The van der Waals surface area contributed by atoms with Gasteiger partial charge in [0.1, 0.15) is 0 Å². The normalized spacial score (nSPS) is 10.5. The van der Waals surface area contributed by atoms with Gasteiger partial charge in [-0.3, -0.25) is 0 Å². The Morgan fingerprint density at radius 3 is 2.45 bits per heavy atom. The standard InChI is InChI=1S/C14H11Cl2N3O/c15-11-4-1-3-10(7-11)9-17-19-14(20)18-13-6-2-5-12(16)8-13/h1-9H,(H2,18,19,20)/b17-9-. The van der Waals surface area contributed by atoms with E-state index in [-0.39, 0.29) is 0 Å². The summed E-state index contributed by atoms with van der Waals surface area (Å²) < 4.78 is 0. The first kappa shape index (κ1) is 14.4. The Hall–Kier alpha value is -2.04. The summed E-state index contributed by atoms with van der Waals surface area (Å²) in [4.78, 5) is 11.6. The molecule has 0 unspecified atom stereocenters. The number of hydrazone groups is 1. The third-order valence-corrected chi connectivity index (χ3v) is 2.78. The van der Waals surface area contributed by atoms with Crippen molar-refractivity contribution in [3.05, 3.63) is 64.1 Å². The molecule has 2 rings (SSSR count). The zero-order chi connectivity index (χ0) is 14.4. The number of nitrogens with one attached hydrogen (secondary N) is 2. The number of urea groups is 1. The predicted octanol–water partition coefficient (Wildman–Crippen LogP) is 4.15. The van der Waals surface area contributed by atoms with Gasteiger partial charge in [-0.05, 0) is 35.9 Å². The van der Waals surface area contributed by atoms with Crippen LogP contribution in [0.2, 0.25) is 10.0 Å². The van der Waals surface area contributed by atoms with Crippen LogP contribution in [0.15, 0.2) is 53.6 Å². The highest BCUT2D eigenvalue weighted by Crippen LogP contribution is 2.14. The third-order valence-electron chi connectivity index (χ3n) is 2.31. The molecule has 0 heterocycles. The molecule has 0 aliphatic rings. The molecule has 0 aromatic heterocycles. The topological polar surface area (TPSA) is 53.5 Å². The van der Waals surface area contributed by atoms with Crippen LogP contribution in [0.5, 0.6) is 0 Å². The second-order valence-corrected chi connectivity index (χ2v) is 4.76. The highest BCUT2D eigenvalue weighted by atomic mass is 35.5. The van der Waals surface area contributed by atoms with E-state index in [0.717, 1.165) is 5.56 Å². The largest absolute Gasteiger partial charge is 0.339 e. The highest BCUT2D eigenvalue weighted by Gasteiger charge is 2.00. The van der Waals surface area contributed by atoms with Crippen molar-refractivity contribution in [2.75, 3.05) is 5.32 Å². The SMILES string of the molecule is O=C(N/N=C\c1cccc(Cl)c1)Nc1cccc(Cl)c1. The fourth-order valence-electron chi connectivity index (χ4n) is 1.48. The van der Waals surface area contributed by atoms with Crippen molar-refractivity contribution in [3.8, 4) is 0 Å². The van der Waals surface area contributed by atoms with Gasteiger partial charge in [0.25, 0.3) is 0 Å². The molecule has 0 aliphatic carbocycles. The van der Waals surface area contributed by atoms with Crippen LogP contribution >= 0.6 is 23.2 Å². The van der Waals surface area contributed by atoms with Crippen LogP contribution in [0.4, 0.5) is 10.5 Å². The molecule has 0 saturated carbocycles. The second kappa shape index (κ2) is 6.93. The first-order valence-corrected chi connectivity index (χ1v) is 6.50. The molecule has 2 amide bonds. The summed E-state index contributed by atoms with van der Waals surface area (Å²) in [5.74, 6) is 0. The average molecular weight is 308 g/mol. The lowest BCUT2D eigenvalue weighted by Gasteiger charge is -2.04. The van der Waals surface area contributed by atoms with Gasteiger partial charge in [-0.2, -0.15) is 5.10 Å². The van der Waals surface area contributed by atoms with Crippen LogP contribution in [-0.4, -0.2) is 12.2 Å². The number of anilines is 1. The lowest BCUT2D eigenvalue weighted by atomic mass is 10.2. The quantitative estimate of drug-likeness (QED) is 0.649. The van der Waals surface area contributed by atoms with Crippen molar-refractivity contribution in [3.63, 3.8) is 0 Å². The summed E-state index contributed by atoms with van der Waals surface area (Å²) in [5.41, 5.74) is 3.73. The molecule has 0 spiro atoms. The van der Waals surface area contributed by atoms with Crippen LogP contribution in [-0.2, 0) is 0 Å². The van der Waals surface area contributed by atoms with E-state index < -0.39 is 6.03 Å². The van der Waals surface area contributed by atoms with Gasteiger partial charge in [0.05, 0.1) is 6.21 Å². The average Bonchev–Trinajstić information content (AvgIpc) is 2.38. The number of nitrogens with zero attached hydrogens (tertiary/aromatic N) is 1. The summed E-state index contributed by atoms with van der Waals surface area (Å²) in [6.07, 6.45) is 1.50. The zero-order valence-corrected chi connectivity index (χ0v) is 11.8. The van der Waals surface area contributed by atoms with Crippen molar-refractivity contribution >= 4 is 41.1 Å². The van der Waals surface area contributed by atoms with Gasteiger partial charge < -0.3 is 5.32 Å². The molecule has 0 bridgehead atoms. The number of carbonyl (C=O) groups is 1. The molecule has 0 saturated heterocycles. The summed E-state index contributed by atoms with van der Waals surface area (Å²) in [7, 11) is 0. The number of rotatable bonds is 3. The number of hydrogen-bond acceptors (Lipinski definition) is 2. The van der Waals surface area contributed by atoms with Gasteiger partial charge in [0.2, 0.25) is 0 Å². The van der Waals surface area contributed by atoms with Crippen LogP contribution in [0.25, 0.3) is 0 Å². The number of benzene rings is 2. The molecule has 0 radical (unpaired) electrons. The molecule has 2 aromatic rings. The van der Waals surface area contributed by atoms with E-state index in [2.05, 4.69) is 15.8 Å². The number of halogens is 2. The molecule has 2 N–H and O–H groups in total. The monoisotopic (exact) mass is 307 g/mol. The van der Waals surface area contributed by atoms with E-state index >= 15 is 0 Å². The summed E-state index contributed by atoms with van der Waals surface area (Å²) >= 11 is 11.6. The van der Waals surface area contributed by atoms with E-state index in [1.54, 1.807) is 42.5 Å². The first-order valence-electron chi connectivity index (χ1n) is 5.75. The van der Waals surface area contributed by atoms with Gasteiger partial charge in [-0.15, -0.1) is 0 Å². The number of carbonyl (C=O) groups excluding carboxylic acids is 1. The minimum Gasteiger partial charge on any atom is -0.306 e. The van der Waals surface area contributed by atoms with Gasteiger partial charge in [0.15, 0.2) is 0 Å². The zero-order valence-electron chi connectivity index (χ0n) is 10.3. The third kappa shape index (κ3) is 4.57. The number of amides is 2. The molecular formula is C14H11Cl2N3O. The minimum absolute atomic E-state index is 0.453. The van der Waals surface area contributed by atoms with E-state index in [9.17, 15) is 4.79 Å². The molecule has 6 heteroatoms. The molecule has 4 nitrogen and oxygen atoms in total. The van der Waals surface area contributed by atoms with Crippen LogP contribution < -0.4 is 10.7 Å². The summed E-state index contributed by atoms with van der Waals surface area (Å²) in [6, 6.07) is 13.5. The molecule has 2 aromatic carbocycles. The maximum absolute atomic E-state index is 11.6. The molecule has 20 heavy (non-hydrogen) atoms. The Morgan fingerprint density at radius 1 is 1.05 bits per heavy atom. The fourth-order valence-corrected chi connectivity index (χ4v) is 1.87. The highest BCUT2D eigenvalue weighted by molar-refractivity contribution is 6.31. The van der Waals surface area contributed by atoms with Crippen molar-refractivity contribution in [1.29, 1.82) is 0 Å².